The minimum atomic E-state index is 0.708. The summed E-state index contributed by atoms with van der Waals surface area (Å²) in [6.07, 6.45) is 5.84. The molecule has 0 aromatic heterocycles. The molecule has 0 saturated carbocycles. The van der Waals surface area contributed by atoms with Crippen LogP contribution in [0.5, 0.6) is 0 Å². The van der Waals surface area contributed by atoms with E-state index in [-0.39, 0.29) is 0 Å². The Morgan fingerprint density at radius 3 is 1.62 bits per heavy atom. The Balaban J connectivity index is 3.45. The summed E-state index contributed by atoms with van der Waals surface area (Å²) < 4.78 is 11.2. The summed E-state index contributed by atoms with van der Waals surface area (Å²) in [5.74, 6) is 0. The lowest BCUT2D eigenvalue weighted by Gasteiger charge is -2.21. The van der Waals surface area contributed by atoms with Crippen LogP contribution in [0.3, 0.4) is 0 Å². The molecule has 0 aliphatic heterocycles. The fraction of sp³-hybridized carbons (Fsp3) is 1.00. The molecule has 0 aliphatic rings. The van der Waals surface area contributed by atoms with Crippen molar-refractivity contribution in [1.29, 1.82) is 0 Å². The molecule has 0 unspecified atom stereocenters. The van der Waals surface area contributed by atoms with Gasteiger partial charge in [-0.1, -0.05) is 33.6 Å². The van der Waals surface area contributed by atoms with Crippen LogP contribution in [-0.2, 0) is 9.47 Å². The third-order valence-corrected chi connectivity index (χ3v) is 2.37. The first kappa shape index (κ1) is 15.9. The van der Waals surface area contributed by atoms with E-state index in [9.17, 15) is 0 Å². The van der Waals surface area contributed by atoms with E-state index in [0.717, 1.165) is 39.0 Å². The Morgan fingerprint density at radius 2 is 1.25 bits per heavy atom. The van der Waals surface area contributed by atoms with Crippen LogP contribution < -0.4 is 0 Å². The van der Waals surface area contributed by atoms with E-state index >= 15 is 0 Å². The fourth-order valence-electron chi connectivity index (χ4n) is 1.36. The fourth-order valence-corrected chi connectivity index (χ4v) is 1.36. The molecule has 0 aromatic rings. The summed E-state index contributed by atoms with van der Waals surface area (Å²) in [4.78, 5) is 2.23. The van der Waals surface area contributed by atoms with Gasteiger partial charge in [-0.2, -0.15) is 0 Å². The third kappa shape index (κ3) is 10.4. The minimum absolute atomic E-state index is 0.708. The SMILES string of the molecule is CCCCOCN(CCC)COCCCC. The van der Waals surface area contributed by atoms with Crippen molar-refractivity contribution < 1.29 is 9.47 Å². The van der Waals surface area contributed by atoms with Crippen molar-refractivity contribution >= 4 is 0 Å². The van der Waals surface area contributed by atoms with Crippen LogP contribution in [0.4, 0.5) is 0 Å². The standard InChI is InChI=1S/C13H29NO2/c1-4-7-10-15-12-14(9-6-3)13-16-11-8-5-2/h4-13H2,1-3H3. The lowest BCUT2D eigenvalue weighted by atomic mass is 10.4. The second-order valence-corrected chi connectivity index (χ2v) is 4.18. The van der Waals surface area contributed by atoms with Gasteiger partial charge in [0.15, 0.2) is 0 Å². The average molecular weight is 231 g/mol. The maximum absolute atomic E-state index is 5.59. The Bertz CT molecular complexity index is 119. The van der Waals surface area contributed by atoms with Crippen molar-refractivity contribution in [3.63, 3.8) is 0 Å². The summed E-state index contributed by atoms with van der Waals surface area (Å²) in [6, 6.07) is 0. The first-order valence-electron chi connectivity index (χ1n) is 6.72. The molecule has 0 N–H and O–H groups in total. The van der Waals surface area contributed by atoms with Gasteiger partial charge in [0.05, 0.1) is 0 Å². The summed E-state index contributed by atoms with van der Waals surface area (Å²) in [5, 5.41) is 0. The molecule has 0 aromatic carbocycles. The average Bonchev–Trinajstić information content (AvgIpc) is 2.30. The van der Waals surface area contributed by atoms with Crippen molar-refractivity contribution in [2.45, 2.75) is 52.9 Å². The van der Waals surface area contributed by atoms with E-state index < -0.39 is 0 Å². The normalized spacial score (nSPS) is 11.2. The van der Waals surface area contributed by atoms with E-state index in [4.69, 9.17) is 9.47 Å². The van der Waals surface area contributed by atoms with Crippen molar-refractivity contribution in [1.82, 2.24) is 4.90 Å². The molecular formula is C13H29NO2. The highest BCUT2D eigenvalue weighted by molar-refractivity contribution is 4.46. The molecule has 0 radical (unpaired) electrons. The third-order valence-electron chi connectivity index (χ3n) is 2.37. The molecule has 0 amide bonds. The first-order chi connectivity index (χ1) is 7.85. The summed E-state index contributed by atoms with van der Waals surface area (Å²) in [5.41, 5.74) is 0. The highest BCUT2D eigenvalue weighted by Gasteiger charge is 2.03. The van der Waals surface area contributed by atoms with Gasteiger partial charge in [0, 0.05) is 19.8 Å². The predicted octanol–water partition coefficient (Wildman–Crippen LogP) is 3.25. The van der Waals surface area contributed by atoms with Gasteiger partial charge >= 0.3 is 0 Å². The van der Waals surface area contributed by atoms with Crippen LogP contribution in [0.1, 0.15) is 52.9 Å². The zero-order chi connectivity index (χ0) is 12.1. The summed E-state index contributed by atoms with van der Waals surface area (Å²) in [6.45, 7) is 10.8. The highest BCUT2D eigenvalue weighted by atomic mass is 16.5. The number of rotatable bonds is 12. The molecule has 3 nitrogen and oxygen atoms in total. The molecule has 0 aliphatic carbocycles. The zero-order valence-corrected chi connectivity index (χ0v) is 11.3. The molecule has 0 bridgehead atoms. The molecule has 16 heavy (non-hydrogen) atoms. The van der Waals surface area contributed by atoms with Crippen molar-refractivity contribution in [2.24, 2.45) is 0 Å². The second-order valence-electron chi connectivity index (χ2n) is 4.18. The van der Waals surface area contributed by atoms with E-state index in [1.165, 1.54) is 12.8 Å². The maximum Gasteiger partial charge on any atom is 0.101 e. The molecule has 0 rings (SSSR count). The number of ether oxygens (including phenoxy) is 2. The molecule has 0 spiro atoms. The topological polar surface area (TPSA) is 21.7 Å². The van der Waals surface area contributed by atoms with E-state index in [2.05, 4.69) is 25.7 Å². The summed E-state index contributed by atoms with van der Waals surface area (Å²) >= 11 is 0. The Morgan fingerprint density at radius 1 is 0.750 bits per heavy atom. The predicted molar refractivity (Wildman–Crippen MR) is 68.5 cm³/mol. The quantitative estimate of drug-likeness (QED) is 0.380. The maximum atomic E-state index is 5.59. The molecule has 3 heteroatoms. The molecular weight excluding hydrogens is 202 g/mol. The van der Waals surface area contributed by atoms with Crippen LogP contribution in [-0.4, -0.2) is 38.1 Å². The Kier molecular flexibility index (Phi) is 12.9. The molecule has 0 atom stereocenters. The zero-order valence-electron chi connectivity index (χ0n) is 11.3. The van der Waals surface area contributed by atoms with Gasteiger partial charge < -0.3 is 9.47 Å². The summed E-state index contributed by atoms with van der Waals surface area (Å²) in [7, 11) is 0. The first-order valence-corrected chi connectivity index (χ1v) is 6.72. The van der Waals surface area contributed by atoms with Gasteiger partial charge in [-0.3, -0.25) is 4.90 Å². The van der Waals surface area contributed by atoms with Crippen molar-refractivity contribution in [3.05, 3.63) is 0 Å². The van der Waals surface area contributed by atoms with Gasteiger partial charge in [0.1, 0.15) is 13.5 Å². The van der Waals surface area contributed by atoms with E-state index in [1.54, 1.807) is 0 Å². The number of unbranched alkanes of at least 4 members (excludes halogenated alkanes) is 2. The Labute approximate surface area is 101 Å². The van der Waals surface area contributed by atoms with Gasteiger partial charge in [-0.25, -0.2) is 0 Å². The minimum Gasteiger partial charge on any atom is -0.366 e. The van der Waals surface area contributed by atoms with Crippen LogP contribution in [0, 0.1) is 0 Å². The van der Waals surface area contributed by atoms with Crippen LogP contribution in [0.25, 0.3) is 0 Å². The van der Waals surface area contributed by atoms with Crippen molar-refractivity contribution in [2.75, 3.05) is 33.2 Å². The van der Waals surface area contributed by atoms with Gasteiger partial charge in [0.25, 0.3) is 0 Å². The molecule has 0 fully saturated rings. The highest BCUT2D eigenvalue weighted by Crippen LogP contribution is 1.96. The van der Waals surface area contributed by atoms with Gasteiger partial charge in [-0.15, -0.1) is 0 Å². The molecule has 0 heterocycles. The van der Waals surface area contributed by atoms with Gasteiger partial charge in [-0.05, 0) is 19.3 Å². The monoisotopic (exact) mass is 231 g/mol. The van der Waals surface area contributed by atoms with E-state index in [0.29, 0.717) is 13.5 Å². The van der Waals surface area contributed by atoms with E-state index in [1.807, 2.05) is 0 Å². The molecule has 0 saturated heterocycles. The van der Waals surface area contributed by atoms with Gasteiger partial charge in [0.2, 0.25) is 0 Å². The van der Waals surface area contributed by atoms with Crippen molar-refractivity contribution in [3.8, 4) is 0 Å². The Hall–Kier alpha value is -0.120. The smallest absolute Gasteiger partial charge is 0.101 e. The molecule has 98 valence electrons. The number of hydrogen-bond donors (Lipinski definition) is 0. The lowest BCUT2D eigenvalue weighted by molar-refractivity contribution is -0.0456. The van der Waals surface area contributed by atoms with Crippen LogP contribution in [0.2, 0.25) is 0 Å². The largest absolute Gasteiger partial charge is 0.366 e. The number of nitrogens with zero attached hydrogens (tertiary/aromatic N) is 1. The lowest BCUT2D eigenvalue weighted by Crippen LogP contribution is -2.30. The second kappa shape index (κ2) is 12.9. The van der Waals surface area contributed by atoms with Crippen LogP contribution in [0.15, 0.2) is 0 Å². The van der Waals surface area contributed by atoms with Crippen LogP contribution >= 0.6 is 0 Å². The number of hydrogen-bond acceptors (Lipinski definition) is 3.